The normalized spacial score (nSPS) is 10.5. The van der Waals surface area contributed by atoms with Gasteiger partial charge in [-0.3, -0.25) is 9.59 Å². The fraction of sp³-hybridized carbons (Fsp3) is 0.333. The maximum atomic E-state index is 12.8. The van der Waals surface area contributed by atoms with Gasteiger partial charge >= 0.3 is 6.61 Å². The van der Waals surface area contributed by atoms with Crippen molar-refractivity contribution in [3.63, 3.8) is 0 Å². The number of benzene rings is 2. The van der Waals surface area contributed by atoms with Crippen molar-refractivity contribution in [1.82, 2.24) is 9.80 Å². The molecule has 0 unspecified atom stereocenters. The number of carbonyl (C=O) groups excluding carboxylic acids is 2. The molecule has 7 nitrogen and oxygen atoms in total. The molecule has 0 aromatic heterocycles. The van der Waals surface area contributed by atoms with Gasteiger partial charge in [0, 0.05) is 33.3 Å². The summed E-state index contributed by atoms with van der Waals surface area (Å²) in [6.07, 6.45) is 0. The number of alkyl halides is 2. The highest BCUT2D eigenvalue weighted by Gasteiger charge is 2.16. The second kappa shape index (κ2) is 10.4. The lowest BCUT2D eigenvalue weighted by Gasteiger charge is -2.19. The summed E-state index contributed by atoms with van der Waals surface area (Å²) < 4.78 is 39.8. The van der Waals surface area contributed by atoms with Gasteiger partial charge < -0.3 is 24.0 Å². The van der Waals surface area contributed by atoms with Crippen LogP contribution in [0.5, 0.6) is 17.2 Å². The number of amides is 2. The molecule has 0 N–H and O–H groups in total. The Kier molecular flexibility index (Phi) is 7.97. The average Bonchev–Trinajstić information content (AvgIpc) is 2.72. The Morgan fingerprint density at radius 2 is 1.77 bits per heavy atom. The van der Waals surface area contributed by atoms with Crippen LogP contribution in [0, 0.1) is 0 Å². The lowest BCUT2D eigenvalue weighted by atomic mass is 10.1. The third-order valence-corrected chi connectivity index (χ3v) is 4.15. The Bertz CT molecular complexity index is 889. The molecule has 2 rings (SSSR count). The summed E-state index contributed by atoms with van der Waals surface area (Å²) >= 11 is 0. The molecule has 0 fully saturated rings. The number of rotatable bonds is 9. The molecule has 0 atom stereocenters. The van der Waals surface area contributed by atoms with Crippen molar-refractivity contribution >= 4 is 11.8 Å². The lowest BCUT2D eigenvalue weighted by Crippen LogP contribution is -2.28. The standard InChI is InChI=1S/C21H24F2N2O5/c1-24(2)19(26)13-29-16-7-5-6-15(11-16)20(27)25(3)12-14-8-9-17(30-21(22)23)18(10-14)28-4/h5-11,21H,12-13H2,1-4H3. The Hall–Kier alpha value is -3.36. The van der Waals surface area contributed by atoms with E-state index in [1.165, 1.54) is 29.0 Å². The van der Waals surface area contributed by atoms with Crippen LogP contribution in [-0.4, -0.2) is 63.1 Å². The molecule has 2 aromatic carbocycles. The van der Waals surface area contributed by atoms with Crippen LogP contribution >= 0.6 is 0 Å². The number of methoxy groups -OCH3 is 1. The van der Waals surface area contributed by atoms with Gasteiger partial charge in [-0.2, -0.15) is 8.78 Å². The Labute approximate surface area is 173 Å². The lowest BCUT2D eigenvalue weighted by molar-refractivity contribution is -0.130. The van der Waals surface area contributed by atoms with Crippen molar-refractivity contribution in [1.29, 1.82) is 0 Å². The smallest absolute Gasteiger partial charge is 0.387 e. The second-order valence-corrected chi connectivity index (χ2v) is 6.63. The van der Waals surface area contributed by atoms with E-state index in [4.69, 9.17) is 9.47 Å². The fourth-order valence-corrected chi connectivity index (χ4v) is 2.56. The number of ether oxygens (including phenoxy) is 3. The number of halogens is 2. The van der Waals surface area contributed by atoms with E-state index in [2.05, 4.69) is 4.74 Å². The highest BCUT2D eigenvalue weighted by atomic mass is 19.3. The van der Waals surface area contributed by atoms with E-state index in [-0.39, 0.29) is 36.5 Å². The molecule has 0 bridgehead atoms. The van der Waals surface area contributed by atoms with E-state index in [1.807, 2.05) is 0 Å². The third kappa shape index (κ3) is 6.33. The van der Waals surface area contributed by atoms with E-state index < -0.39 is 6.61 Å². The monoisotopic (exact) mass is 422 g/mol. The van der Waals surface area contributed by atoms with Crippen LogP contribution in [0.15, 0.2) is 42.5 Å². The maximum absolute atomic E-state index is 12.8. The number of carbonyl (C=O) groups is 2. The molecular weight excluding hydrogens is 398 g/mol. The van der Waals surface area contributed by atoms with Crippen molar-refractivity contribution in [2.24, 2.45) is 0 Å². The first-order valence-electron chi connectivity index (χ1n) is 9.01. The molecule has 9 heteroatoms. The molecule has 0 aliphatic carbocycles. The molecule has 2 amide bonds. The zero-order valence-electron chi connectivity index (χ0n) is 17.2. The van der Waals surface area contributed by atoms with E-state index >= 15 is 0 Å². The minimum Gasteiger partial charge on any atom is -0.493 e. The Balaban J connectivity index is 2.07. The zero-order valence-corrected chi connectivity index (χ0v) is 17.2. The van der Waals surface area contributed by atoms with Crippen LogP contribution in [0.3, 0.4) is 0 Å². The van der Waals surface area contributed by atoms with Crippen molar-refractivity contribution in [3.05, 3.63) is 53.6 Å². The summed E-state index contributed by atoms with van der Waals surface area (Å²) in [6, 6.07) is 11.0. The minimum absolute atomic E-state index is 0.0812. The van der Waals surface area contributed by atoms with Gasteiger partial charge in [-0.1, -0.05) is 12.1 Å². The SMILES string of the molecule is COc1cc(CN(C)C(=O)c2cccc(OCC(=O)N(C)C)c2)ccc1OC(F)F. The molecule has 0 aliphatic rings. The first-order valence-corrected chi connectivity index (χ1v) is 9.01. The van der Waals surface area contributed by atoms with Gasteiger partial charge in [0.2, 0.25) is 0 Å². The van der Waals surface area contributed by atoms with E-state index in [0.717, 1.165) is 0 Å². The summed E-state index contributed by atoms with van der Waals surface area (Å²) in [6.45, 7) is -2.88. The van der Waals surface area contributed by atoms with E-state index in [1.54, 1.807) is 51.5 Å². The van der Waals surface area contributed by atoms with Crippen LogP contribution in [0.25, 0.3) is 0 Å². The van der Waals surface area contributed by atoms with Crippen LogP contribution in [0.4, 0.5) is 8.78 Å². The van der Waals surface area contributed by atoms with Crippen molar-refractivity contribution in [3.8, 4) is 17.2 Å². The van der Waals surface area contributed by atoms with Crippen LogP contribution < -0.4 is 14.2 Å². The highest BCUT2D eigenvalue weighted by molar-refractivity contribution is 5.94. The van der Waals surface area contributed by atoms with Crippen molar-refractivity contribution in [2.45, 2.75) is 13.2 Å². The molecule has 0 saturated carbocycles. The molecule has 30 heavy (non-hydrogen) atoms. The number of hydrogen-bond acceptors (Lipinski definition) is 5. The Morgan fingerprint density at radius 1 is 1.03 bits per heavy atom. The first-order chi connectivity index (χ1) is 14.2. The second-order valence-electron chi connectivity index (χ2n) is 6.63. The maximum Gasteiger partial charge on any atom is 0.387 e. The predicted molar refractivity (Wildman–Crippen MR) is 106 cm³/mol. The number of nitrogens with zero attached hydrogens (tertiary/aromatic N) is 2. The molecule has 2 aromatic rings. The summed E-state index contributed by atoms with van der Waals surface area (Å²) in [5.74, 6) is -0.0000930. The average molecular weight is 422 g/mol. The zero-order chi connectivity index (χ0) is 22.3. The first kappa shape index (κ1) is 22.9. The van der Waals surface area contributed by atoms with Crippen LogP contribution in [0.1, 0.15) is 15.9 Å². The quantitative estimate of drug-likeness (QED) is 0.622. The van der Waals surface area contributed by atoms with Gasteiger partial charge in [0.1, 0.15) is 5.75 Å². The summed E-state index contributed by atoms with van der Waals surface area (Å²) in [4.78, 5) is 27.3. The minimum atomic E-state index is -2.96. The van der Waals surface area contributed by atoms with Crippen LogP contribution in [-0.2, 0) is 11.3 Å². The van der Waals surface area contributed by atoms with E-state index in [0.29, 0.717) is 16.9 Å². The van der Waals surface area contributed by atoms with Gasteiger partial charge in [-0.25, -0.2) is 0 Å². The number of hydrogen-bond donors (Lipinski definition) is 0. The fourth-order valence-electron chi connectivity index (χ4n) is 2.56. The van der Waals surface area contributed by atoms with Crippen LogP contribution in [0.2, 0.25) is 0 Å². The molecule has 0 heterocycles. The molecule has 0 aliphatic heterocycles. The molecular formula is C21H24F2N2O5. The molecule has 0 spiro atoms. The van der Waals surface area contributed by atoms with E-state index in [9.17, 15) is 18.4 Å². The molecule has 0 radical (unpaired) electrons. The largest absolute Gasteiger partial charge is 0.493 e. The predicted octanol–water partition coefficient (Wildman–Crippen LogP) is 3.04. The molecule has 0 saturated heterocycles. The van der Waals surface area contributed by atoms with Crippen molar-refractivity contribution < 1.29 is 32.6 Å². The van der Waals surface area contributed by atoms with Gasteiger partial charge in [0.05, 0.1) is 7.11 Å². The molecule has 162 valence electrons. The topological polar surface area (TPSA) is 68.3 Å². The Morgan fingerprint density at radius 3 is 2.40 bits per heavy atom. The summed E-state index contributed by atoms with van der Waals surface area (Å²) in [5.41, 5.74) is 1.06. The van der Waals surface area contributed by atoms with Gasteiger partial charge in [-0.15, -0.1) is 0 Å². The van der Waals surface area contributed by atoms with Gasteiger partial charge in [0.25, 0.3) is 11.8 Å². The number of likely N-dealkylation sites (N-methyl/N-ethyl adjacent to an activating group) is 1. The third-order valence-electron chi connectivity index (χ3n) is 4.15. The van der Waals surface area contributed by atoms with Crippen molar-refractivity contribution in [2.75, 3.05) is 34.9 Å². The van der Waals surface area contributed by atoms with Gasteiger partial charge in [0.15, 0.2) is 18.1 Å². The van der Waals surface area contributed by atoms with Gasteiger partial charge in [-0.05, 0) is 35.9 Å². The highest BCUT2D eigenvalue weighted by Crippen LogP contribution is 2.30. The summed E-state index contributed by atoms with van der Waals surface area (Å²) in [7, 11) is 6.21. The summed E-state index contributed by atoms with van der Waals surface area (Å²) in [5, 5.41) is 0.